The zero-order valence-electron chi connectivity index (χ0n) is 6.52. The summed E-state index contributed by atoms with van der Waals surface area (Å²) >= 11 is -2.20. The monoisotopic (exact) mass is 199 g/mol. The predicted octanol–water partition coefficient (Wildman–Crippen LogP) is -0.472. The third-order valence-corrected chi connectivity index (χ3v) is 2.45. The molecule has 0 spiro atoms. The van der Waals surface area contributed by atoms with Crippen LogP contribution < -0.4 is 11.2 Å². The molecule has 1 saturated heterocycles. The van der Waals surface area contributed by atoms with E-state index < -0.39 is 16.9 Å². The minimum Gasteiger partial charge on any atom is -0.768 e. The second-order valence-electron chi connectivity index (χ2n) is 2.70. The lowest BCUT2D eigenvalue weighted by molar-refractivity contribution is 0.301. The molecule has 6 heteroatoms. The predicted molar refractivity (Wildman–Crippen MR) is 43.7 cm³/mol. The molecule has 0 bridgehead atoms. The highest BCUT2D eigenvalue weighted by Crippen LogP contribution is 2.26. The summed E-state index contributed by atoms with van der Waals surface area (Å²) < 4.78 is 21.0. The molecule has 13 heavy (non-hydrogen) atoms. The lowest BCUT2D eigenvalue weighted by atomic mass is 10.2. The van der Waals surface area contributed by atoms with Crippen LogP contribution in [-0.4, -0.2) is 8.76 Å². The van der Waals surface area contributed by atoms with Gasteiger partial charge >= 0.3 is 0 Å². The molecule has 0 aromatic heterocycles. The van der Waals surface area contributed by atoms with Crippen LogP contribution in [0.15, 0.2) is 29.2 Å². The van der Waals surface area contributed by atoms with E-state index in [4.69, 9.17) is 10.6 Å². The number of nitrogens with two attached hydrogens (primary N) is 1. The van der Waals surface area contributed by atoms with Crippen LogP contribution in [0, 0.1) is 0 Å². The number of hydrogen-bond acceptors (Lipinski definition) is 5. The minimum absolute atomic E-state index is 0.230. The van der Waals surface area contributed by atoms with Crippen molar-refractivity contribution in [3.8, 4) is 0 Å². The molecule has 3 N–H and O–H groups in total. The second-order valence-corrected chi connectivity index (χ2v) is 3.64. The van der Waals surface area contributed by atoms with Gasteiger partial charge in [-0.25, -0.2) is 0 Å². The van der Waals surface area contributed by atoms with Crippen molar-refractivity contribution in [2.75, 3.05) is 0 Å². The van der Waals surface area contributed by atoms with Gasteiger partial charge in [0.25, 0.3) is 0 Å². The smallest absolute Gasteiger partial charge is 0.239 e. The molecule has 1 aromatic rings. The van der Waals surface area contributed by atoms with Gasteiger partial charge in [0.05, 0.1) is 0 Å². The molecule has 1 heterocycles. The normalized spacial score (nSPS) is 28.5. The van der Waals surface area contributed by atoms with Crippen molar-refractivity contribution in [1.82, 2.24) is 5.48 Å². The Labute approximate surface area is 77.1 Å². The van der Waals surface area contributed by atoms with Gasteiger partial charge < -0.3 is 4.55 Å². The van der Waals surface area contributed by atoms with Crippen molar-refractivity contribution in [3.63, 3.8) is 0 Å². The topological polar surface area (TPSA) is 101 Å². The zero-order chi connectivity index (χ0) is 9.47. The molecular formula is C7H7N2O3S-. The summed E-state index contributed by atoms with van der Waals surface area (Å²) in [6, 6.07) is 6.14. The van der Waals surface area contributed by atoms with Crippen LogP contribution in [0.3, 0.4) is 0 Å². The van der Waals surface area contributed by atoms with Crippen LogP contribution in [0.4, 0.5) is 0 Å². The molecule has 0 aliphatic carbocycles. The highest BCUT2D eigenvalue weighted by molar-refractivity contribution is 7.79. The zero-order valence-corrected chi connectivity index (χ0v) is 7.34. The summed E-state index contributed by atoms with van der Waals surface area (Å²) in [5.41, 5.74) is 8.80. The number of benzene rings is 1. The Bertz CT molecular complexity index is 347. The molecule has 1 aromatic carbocycles. The Balaban J connectivity index is 2.28. The third-order valence-electron chi connectivity index (χ3n) is 1.80. The summed E-state index contributed by atoms with van der Waals surface area (Å²) in [5.74, 6) is -0.928. The molecule has 1 aliphatic heterocycles. The van der Waals surface area contributed by atoms with E-state index in [0.717, 1.165) is 0 Å². The minimum atomic E-state index is -2.20. The van der Waals surface area contributed by atoms with Gasteiger partial charge in [-0.3, -0.25) is 14.8 Å². The van der Waals surface area contributed by atoms with Gasteiger partial charge in [-0.05, 0) is 23.2 Å². The maximum absolute atomic E-state index is 10.5. The highest BCUT2D eigenvalue weighted by atomic mass is 32.2. The summed E-state index contributed by atoms with van der Waals surface area (Å²) in [5, 5.41) is 0. The maximum atomic E-state index is 10.5. The van der Waals surface area contributed by atoms with E-state index in [9.17, 15) is 8.76 Å². The van der Waals surface area contributed by atoms with Crippen molar-refractivity contribution >= 4 is 11.1 Å². The van der Waals surface area contributed by atoms with E-state index in [2.05, 4.69) is 5.48 Å². The van der Waals surface area contributed by atoms with E-state index in [1.807, 2.05) is 0 Å². The largest absolute Gasteiger partial charge is 0.768 e. The molecule has 2 unspecified atom stereocenters. The number of hydrogen-bond donors (Lipinski definition) is 2. The summed E-state index contributed by atoms with van der Waals surface area (Å²) in [6.45, 7) is 0. The Morgan fingerprint density at radius 2 is 2.00 bits per heavy atom. The van der Waals surface area contributed by atoms with Crippen LogP contribution in [0.5, 0.6) is 0 Å². The number of hydroxylamine groups is 1. The van der Waals surface area contributed by atoms with Crippen molar-refractivity contribution in [3.05, 3.63) is 29.8 Å². The Kier molecular flexibility index (Phi) is 1.94. The first-order chi connectivity index (χ1) is 6.12. The molecule has 5 nitrogen and oxygen atoms in total. The molecule has 0 saturated carbocycles. The molecule has 2 rings (SSSR count). The summed E-state index contributed by atoms with van der Waals surface area (Å²) in [7, 11) is 0. The Hall–Kier alpha value is -0.790. The third kappa shape index (κ3) is 1.62. The second kappa shape index (κ2) is 2.86. The maximum Gasteiger partial charge on any atom is 0.239 e. The molecule has 1 fully saturated rings. The summed E-state index contributed by atoms with van der Waals surface area (Å²) in [6.07, 6.45) is 0. The standard InChI is InChI=1S/C7H8N2O3S/c8-7(9-12-7)5-1-3-6(4-2-5)13(10)11/h1-4,9H,8H2,(H,10,11)/p-1. The van der Waals surface area contributed by atoms with E-state index in [1.165, 1.54) is 12.1 Å². The quantitative estimate of drug-likeness (QED) is 0.495. The van der Waals surface area contributed by atoms with Gasteiger partial charge in [-0.1, -0.05) is 12.1 Å². The van der Waals surface area contributed by atoms with Crippen LogP contribution in [0.2, 0.25) is 0 Å². The van der Waals surface area contributed by atoms with E-state index >= 15 is 0 Å². The van der Waals surface area contributed by atoms with Gasteiger partial charge in [0, 0.05) is 10.5 Å². The van der Waals surface area contributed by atoms with Crippen LogP contribution in [0.25, 0.3) is 0 Å². The Morgan fingerprint density at radius 1 is 1.46 bits per heavy atom. The van der Waals surface area contributed by atoms with E-state index in [1.54, 1.807) is 12.1 Å². The summed E-state index contributed by atoms with van der Waals surface area (Å²) in [4.78, 5) is 4.99. The first-order valence-electron chi connectivity index (χ1n) is 3.56. The molecule has 2 atom stereocenters. The molecule has 1 aliphatic rings. The Morgan fingerprint density at radius 3 is 2.38 bits per heavy atom. The van der Waals surface area contributed by atoms with Crippen molar-refractivity contribution in [2.24, 2.45) is 5.73 Å². The lowest BCUT2D eigenvalue weighted by Crippen LogP contribution is -2.24. The number of nitrogens with one attached hydrogen (secondary N) is 1. The van der Waals surface area contributed by atoms with Crippen LogP contribution in [0.1, 0.15) is 5.56 Å². The first kappa shape index (κ1) is 8.79. The van der Waals surface area contributed by atoms with Gasteiger partial charge in [-0.15, -0.1) is 5.48 Å². The van der Waals surface area contributed by atoms with Crippen molar-refractivity contribution in [2.45, 2.75) is 10.7 Å². The number of rotatable bonds is 2. The highest BCUT2D eigenvalue weighted by Gasteiger charge is 2.42. The molecule has 0 radical (unpaired) electrons. The van der Waals surface area contributed by atoms with Gasteiger partial charge in [0.2, 0.25) is 5.85 Å². The van der Waals surface area contributed by atoms with Crippen LogP contribution >= 0.6 is 0 Å². The van der Waals surface area contributed by atoms with Crippen LogP contribution in [-0.2, 0) is 21.8 Å². The van der Waals surface area contributed by atoms with Gasteiger partial charge in [-0.2, -0.15) is 0 Å². The van der Waals surface area contributed by atoms with E-state index in [0.29, 0.717) is 5.56 Å². The SMILES string of the molecule is NC1(c2ccc(S(=O)[O-])cc2)NO1. The molecule has 0 amide bonds. The average Bonchev–Trinajstić information content (AvgIpc) is 2.85. The fourth-order valence-corrected chi connectivity index (χ4v) is 1.34. The van der Waals surface area contributed by atoms with Crippen molar-refractivity contribution < 1.29 is 13.6 Å². The van der Waals surface area contributed by atoms with Gasteiger partial charge in [0.1, 0.15) is 0 Å². The van der Waals surface area contributed by atoms with Gasteiger partial charge in [0.15, 0.2) is 0 Å². The average molecular weight is 199 g/mol. The molecular weight excluding hydrogens is 192 g/mol. The fraction of sp³-hybridized carbons (Fsp3) is 0.143. The first-order valence-corrected chi connectivity index (χ1v) is 4.63. The molecule has 70 valence electrons. The fourth-order valence-electron chi connectivity index (χ4n) is 0.986. The van der Waals surface area contributed by atoms with Crippen molar-refractivity contribution in [1.29, 1.82) is 0 Å². The van der Waals surface area contributed by atoms with E-state index in [-0.39, 0.29) is 4.90 Å². The lowest BCUT2D eigenvalue weighted by Gasteiger charge is -2.07.